The number of hydrogen-bond donors (Lipinski definition) is 0. The summed E-state index contributed by atoms with van der Waals surface area (Å²) in [6, 6.07) is 9.12. The van der Waals surface area contributed by atoms with Gasteiger partial charge in [-0.1, -0.05) is 18.2 Å². The summed E-state index contributed by atoms with van der Waals surface area (Å²) in [7, 11) is 0. The van der Waals surface area contributed by atoms with Gasteiger partial charge in [0.2, 0.25) is 0 Å². The van der Waals surface area contributed by atoms with Crippen LogP contribution < -0.4 is 0 Å². The molecular formula is C19H23NO4. The van der Waals surface area contributed by atoms with Gasteiger partial charge in [-0.25, -0.2) is 4.79 Å². The zero-order valence-electron chi connectivity index (χ0n) is 14.2. The normalized spacial score (nSPS) is 12.5. The Labute approximate surface area is 142 Å². The summed E-state index contributed by atoms with van der Waals surface area (Å²) in [5, 5.41) is 9.22. The first-order chi connectivity index (χ1) is 11.6. The number of carbonyl (C=O) groups excluding carboxylic acids is 2. The highest BCUT2D eigenvalue weighted by atomic mass is 16.5. The number of esters is 2. The highest BCUT2D eigenvalue weighted by Crippen LogP contribution is 2.21. The molecule has 0 N–H and O–H groups in total. The Kier molecular flexibility index (Phi) is 8.28. The highest BCUT2D eigenvalue weighted by Gasteiger charge is 2.27. The van der Waals surface area contributed by atoms with E-state index in [0.29, 0.717) is 25.0 Å². The minimum Gasteiger partial charge on any atom is -0.465 e. The molecule has 2 atom stereocenters. The average molecular weight is 329 g/mol. The van der Waals surface area contributed by atoms with Crippen LogP contribution >= 0.6 is 0 Å². The summed E-state index contributed by atoms with van der Waals surface area (Å²) in [6.45, 7) is 7.78. The first-order valence-electron chi connectivity index (χ1n) is 8.02. The molecule has 0 radical (unpaired) electrons. The van der Waals surface area contributed by atoms with Gasteiger partial charge in [0.1, 0.15) is 5.92 Å². The van der Waals surface area contributed by atoms with E-state index in [1.54, 1.807) is 32.1 Å². The SMILES string of the molecule is C=CC(CCc1ccc(C(=O)OCC)cc1)C(C#N)C(=O)OCC. The largest absolute Gasteiger partial charge is 0.465 e. The first-order valence-corrected chi connectivity index (χ1v) is 8.02. The fraction of sp³-hybridized carbons (Fsp3) is 0.421. The Bertz CT molecular complexity index is 601. The van der Waals surface area contributed by atoms with Crippen molar-refractivity contribution in [3.05, 3.63) is 48.0 Å². The number of rotatable bonds is 9. The molecule has 0 aromatic heterocycles. The average Bonchev–Trinajstić information content (AvgIpc) is 2.59. The van der Waals surface area contributed by atoms with Crippen LogP contribution in [0, 0.1) is 23.2 Å². The maximum atomic E-state index is 11.8. The van der Waals surface area contributed by atoms with Gasteiger partial charge in [0.05, 0.1) is 24.8 Å². The predicted molar refractivity (Wildman–Crippen MR) is 90.1 cm³/mol. The molecule has 128 valence electrons. The van der Waals surface area contributed by atoms with Gasteiger partial charge >= 0.3 is 11.9 Å². The summed E-state index contributed by atoms with van der Waals surface area (Å²) in [5.74, 6) is -1.98. The quantitative estimate of drug-likeness (QED) is 0.513. The smallest absolute Gasteiger partial charge is 0.338 e. The maximum absolute atomic E-state index is 11.8. The number of aryl methyl sites for hydroxylation is 1. The molecule has 0 amide bonds. The first kappa shape index (κ1) is 19.4. The number of nitrogens with zero attached hydrogens (tertiary/aromatic N) is 1. The van der Waals surface area contributed by atoms with Crippen molar-refractivity contribution in [2.75, 3.05) is 13.2 Å². The third kappa shape index (κ3) is 5.54. The molecule has 0 aliphatic heterocycles. The van der Waals surface area contributed by atoms with Crippen LogP contribution in [-0.4, -0.2) is 25.2 Å². The summed E-state index contributed by atoms with van der Waals surface area (Å²) < 4.78 is 9.87. The molecule has 5 nitrogen and oxygen atoms in total. The molecule has 1 aromatic rings. The third-order valence-electron chi connectivity index (χ3n) is 3.64. The fourth-order valence-electron chi connectivity index (χ4n) is 2.33. The molecule has 2 unspecified atom stereocenters. The molecule has 0 heterocycles. The molecule has 1 rings (SSSR count). The number of hydrogen-bond acceptors (Lipinski definition) is 5. The van der Waals surface area contributed by atoms with Crippen molar-refractivity contribution >= 4 is 11.9 Å². The van der Waals surface area contributed by atoms with Gasteiger partial charge in [0, 0.05) is 5.92 Å². The lowest BCUT2D eigenvalue weighted by molar-refractivity contribution is -0.147. The second-order valence-electron chi connectivity index (χ2n) is 5.21. The summed E-state index contributed by atoms with van der Waals surface area (Å²) in [4.78, 5) is 23.4. The van der Waals surface area contributed by atoms with E-state index in [4.69, 9.17) is 9.47 Å². The van der Waals surface area contributed by atoms with Crippen molar-refractivity contribution in [2.24, 2.45) is 11.8 Å². The second kappa shape index (κ2) is 10.2. The molecule has 0 saturated carbocycles. The molecule has 1 aromatic carbocycles. The molecule has 24 heavy (non-hydrogen) atoms. The zero-order valence-corrected chi connectivity index (χ0v) is 14.2. The van der Waals surface area contributed by atoms with E-state index in [0.717, 1.165) is 5.56 Å². The minimum absolute atomic E-state index is 0.246. The van der Waals surface area contributed by atoms with Crippen LogP contribution in [0.5, 0.6) is 0 Å². The third-order valence-corrected chi connectivity index (χ3v) is 3.64. The fourth-order valence-corrected chi connectivity index (χ4v) is 2.33. The molecule has 0 fully saturated rings. The molecule has 0 saturated heterocycles. The Hall–Kier alpha value is -2.61. The Morgan fingerprint density at radius 2 is 1.83 bits per heavy atom. The van der Waals surface area contributed by atoms with Crippen LogP contribution in [-0.2, 0) is 20.7 Å². The van der Waals surface area contributed by atoms with E-state index in [-0.39, 0.29) is 18.5 Å². The molecule has 0 aliphatic carbocycles. The Morgan fingerprint density at radius 1 is 1.21 bits per heavy atom. The van der Waals surface area contributed by atoms with Gasteiger partial charge in [-0.2, -0.15) is 5.26 Å². The summed E-state index contributed by atoms with van der Waals surface area (Å²) >= 11 is 0. The van der Waals surface area contributed by atoms with E-state index < -0.39 is 11.9 Å². The molecule has 0 bridgehead atoms. The summed E-state index contributed by atoms with van der Waals surface area (Å²) in [6.07, 6.45) is 2.88. The van der Waals surface area contributed by atoms with Crippen LogP contribution in [0.4, 0.5) is 0 Å². The lowest BCUT2D eigenvalue weighted by atomic mass is 9.88. The van der Waals surface area contributed by atoms with Gasteiger partial charge in [-0.05, 0) is 44.4 Å². The standard InChI is InChI=1S/C19H23NO4/c1-4-15(17(13-20)19(22)24-6-3)10-7-14-8-11-16(12-9-14)18(21)23-5-2/h4,8-9,11-12,15,17H,1,5-7,10H2,2-3H3. The maximum Gasteiger partial charge on any atom is 0.338 e. The second-order valence-corrected chi connectivity index (χ2v) is 5.21. The van der Waals surface area contributed by atoms with E-state index in [1.807, 2.05) is 18.2 Å². The summed E-state index contributed by atoms with van der Waals surface area (Å²) in [5.41, 5.74) is 1.51. The number of allylic oxidation sites excluding steroid dienone is 1. The lowest BCUT2D eigenvalue weighted by Crippen LogP contribution is -2.24. The molecule has 0 spiro atoms. The zero-order chi connectivity index (χ0) is 17.9. The molecule has 0 aliphatic rings. The van der Waals surface area contributed by atoms with Crippen LogP contribution in [0.25, 0.3) is 0 Å². The lowest BCUT2D eigenvalue weighted by Gasteiger charge is -2.17. The van der Waals surface area contributed by atoms with Gasteiger partial charge in [0.15, 0.2) is 0 Å². The number of benzene rings is 1. The van der Waals surface area contributed by atoms with Crippen LogP contribution in [0.1, 0.15) is 36.2 Å². The number of nitriles is 1. The van der Waals surface area contributed by atoms with Crippen LogP contribution in [0.15, 0.2) is 36.9 Å². The highest BCUT2D eigenvalue weighted by molar-refractivity contribution is 5.89. The number of ether oxygens (including phenoxy) is 2. The van der Waals surface area contributed by atoms with Crippen molar-refractivity contribution in [2.45, 2.75) is 26.7 Å². The minimum atomic E-state index is -0.846. The van der Waals surface area contributed by atoms with Crippen molar-refractivity contribution in [3.8, 4) is 6.07 Å². The van der Waals surface area contributed by atoms with Crippen LogP contribution in [0.3, 0.4) is 0 Å². The van der Waals surface area contributed by atoms with Gasteiger partial charge < -0.3 is 9.47 Å². The Morgan fingerprint density at radius 3 is 2.33 bits per heavy atom. The topological polar surface area (TPSA) is 76.4 Å². The Balaban J connectivity index is 2.68. The van der Waals surface area contributed by atoms with E-state index >= 15 is 0 Å². The monoisotopic (exact) mass is 329 g/mol. The molecular weight excluding hydrogens is 306 g/mol. The van der Waals surface area contributed by atoms with Crippen molar-refractivity contribution in [1.29, 1.82) is 5.26 Å². The predicted octanol–water partition coefficient (Wildman–Crippen LogP) is 3.30. The van der Waals surface area contributed by atoms with Gasteiger partial charge in [0.25, 0.3) is 0 Å². The van der Waals surface area contributed by atoms with Crippen molar-refractivity contribution in [3.63, 3.8) is 0 Å². The van der Waals surface area contributed by atoms with Gasteiger partial charge in [-0.3, -0.25) is 4.79 Å². The van der Waals surface area contributed by atoms with Crippen LogP contribution in [0.2, 0.25) is 0 Å². The molecule has 5 heteroatoms. The van der Waals surface area contributed by atoms with E-state index in [1.165, 1.54) is 0 Å². The van der Waals surface area contributed by atoms with E-state index in [9.17, 15) is 14.9 Å². The van der Waals surface area contributed by atoms with Gasteiger partial charge in [-0.15, -0.1) is 6.58 Å². The number of carbonyl (C=O) groups is 2. The van der Waals surface area contributed by atoms with Crippen molar-refractivity contribution < 1.29 is 19.1 Å². The van der Waals surface area contributed by atoms with Crippen molar-refractivity contribution in [1.82, 2.24) is 0 Å². The van der Waals surface area contributed by atoms with E-state index in [2.05, 4.69) is 6.58 Å².